The fraction of sp³-hybridized carbons (Fsp3) is 0.312. The van der Waals surface area contributed by atoms with Gasteiger partial charge in [-0.25, -0.2) is 4.98 Å². The van der Waals surface area contributed by atoms with E-state index in [1.165, 1.54) is 0 Å². The Morgan fingerprint density at radius 2 is 1.96 bits per heavy atom. The van der Waals surface area contributed by atoms with Crippen molar-refractivity contribution in [1.29, 1.82) is 0 Å². The number of aromatic nitrogens is 4. The van der Waals surface area contributed by atoms with Gasteiger partial charge in [0.1, 0.15) is 5.52 Å². The third kappa shape index (κ3) is 2.77. The normalized spacial score (nSPS) is 10.9. The van der Waals surface area contributed by atoms with E-state index in [1.807, 2.05) is 25.1 Å². The molecule has 7 nitrogen and oxygen atoms in total. The molecule has 0 spiro atoms. The summed E-state index contributed by atoms with van der Waals surface area (Å²) in [6.45, 7) is 2.36. The van der Waals surface area contributed by atoms with Gasteiger partial charge in [0.2, 0.25) is 0 Å². The lowest BCUT2D eigenvalue weighted by molar-refractivity contribution is 0.354. The zero-order chi connectivity index (χ0) is 16.4. The minimum Gasteiger partial charge on any atom is -0.493 e. The van der Waals surface area contributed by atoms with Gasteiger partial charge in [-0.15, -0.1) is 0 Å². The van der Waals surface area contributed by atoms with E-state index >= 15 is 0 Å². The summed E-state index contributed by atoms with van der Waals surface area (Å²) >= 11 is 0. The van der Waals surface area contributed by atoms with E-state index in [2.05, 4.69) is 15.2 Å². The van der Waals surface area contributed by atoms with Crippen molar-refractivity contribution in [2.45, 2.75) is 19.9 Å². The number of hydrogen-bond donors (Lipinski definition) is 1. The zero-order valence-corrected chi connectivity index (χ0v) is 13.3. The lowest BCUT2D eigenvalue weighted by atomic mass is 10.1. The van der Waals surface area contributed by atoms with Crippen molar-refractivity contribution in [3.8, 4) is 11.5 Å². The molecule has 0 amide bonds. The van der Waals surface area contributed by atoms with Crippen molar-refractivity contribution >= 4 is 11.0 Å². The van der Waals surface area contributed by atoms with Crippen LogP contribution >= 0.6 is 0 Å². The van der Waals surface area contributed by atoms with Crippen LogP contribution in [-0.4, -0.2) is 34.0 Å². The number of H-pyrrole nitrogens is 1. The fourth-order valence-electron chi connectivity index (χ4n) is 2.49. The highest BCUT2D eigenvalue weighted by molar-refractivity contribution is 5.75. The van der Waals surface area contributed by atoms with Crippen LogP contribution in [0.4, 0.5) is 0 Å². The van der Waals surface area contributed by atoms with Crippen molar-refractivity contribution in [3.05, 3.63) is 46.1 Å². The molecule has 1 aromatic carbocycles. The lowest BCUT2D eigenvalue weighted by Crippen LogP contribution is -2.21. The van der Waals surface area contributed by atoms with Crippen molar-refractivity contribution in [1.82, 2.24) is 19.7 Å². The summed E-state index contributed by atoms with van der Waals surface area (Å²) in [7, 11) is 3.20. The van der Waals surface area contributed by atoms with Gasteiger partial charge in [-0.3, -0.25) is 14.5 Å². The summed E-state index contributed by atoms with van der Waals surface area (Å²) in [5.41, 5.74) is 2.70. The molecule has 0 atom stereocenters. The minimum absolute atomic E-state index is 0.139. The SMILES string of the molecule is COc1ccc(CCn2cnc3c(C)[nH]nc3c2=O)cc1OC. The first-order valence-corrected chi connectivity index (χ1v) is 7.25. The van der Waals surface area contributed by atoms with Crippen LogP contribution in [0.3, 0.4) is 0 Å². The number of ether oxygens (including phenoxy) is 2. The quantitative estimate of drug-likeness (QED) is 0.775. The molecule has 7 heteroatoms. The van der Waals surface area contributed by atoms with Crippen molar-refractivity contribution < 1.29 is 9.47 Å². The molecule has 23 heavy (non-hydrogen) atoms. The highest BCUT2D eigenvalue weighted by Crippen LogP contribution is 2.27. The predicted molar refractivity (Wildman–Crippen MR) is 86.1 cm³/mol. The molecule has 2 heterocycles. The maximum Gasteiger partial charge on any atom is 0.281 e. The number of nitrogens with zero attached hydrogens (tertiary/aromatic N) is 3. The smallest absolute Gasteiger partial charge is 0.281 e. The summed E-state index contributed by atoms with van der Waals surface area (Å²) in [4.78, 5) is 16.7. The topological polar surface area (TPSA) is 82.0 Å². The molecule has 0 aliphatic carbocycles. The second-order valence-corrected chi connectivity index (χ2v) is 5.23. The number of methoxy groups -OCH3 is 2. The number of hydrogen-bond acceptors (Lipinski definition) is 5. The number of aromatic amines is 1. The van der Waals surface area contributed by atoms with E-state index in [0.29, 0.717) is 35.5 Å². The molecule has 0 bridgehead atoms. The number of benzene rings is 1. The molecular weight excluding hydrogens is 296 g/mol. The van der Waals surface area contributed by atoms with Gasteiger partial charge >= 0.3 is 0 Å². The molecular formula is C16H18N4O3. The summed E-state index contributed by atoms with van der Waals surface area (Å²) in [6.07, 6.45) is 2.24. The monoisotopic (exact) mass is 314 g/mol. The molecule has 0 saturated heterocycles. The van der Waals surface area contributed by atoms with E-state index in [9.17, 15) is 4.79 Å². The third-order valence-electron chi connectivity index (χ3n) is 3.79. The van der Waals surface area contributed by atoms with Crippen LogP contribution in [0.15, 0.2) is 29.3 Å². The Bertz CT molecular complexity index is 898. The molecule has 0 radical (unpaired) electrons. The Balaban J connectivity index is 1.83. The summed E-state index contributed by atoms with van der Waals surface area (Å²) in [5.74, 6) is 1.36. The highest BCUT2D eigenvalue weighted by Gasteiger charge is 2.10. The largest absolute Gasteiger partial charge is 0.493 e. The first kappa shape index (κ1) is 15.1. The second kappa shape index (κ2) is 6.12. The summed E-state index contributed by atoms with van der Waals surface area (Å²) < 4.78 is 12.1. The Morgan fingerprint density at radius 1 is 1.17 bits per heavy atom. The van der Waals surface area contributed by atoms with E-state index in [4.69, 9.17) is 9.47 Å². The minimum atomic E-state index is -0.139. The number of fused-ring (bicyclic) bond motifs is 1. The van der Waals surface area contributed by atoms with Gasteiger partial charge in [0, 0.05) is 6.54 Å². The maximum absolute atomic E-state index is 12.4. The van der Waals surface area contributed by atoms with Crippen LogP contribution in [0.2, 0.25) is 0 Å². The van der Waals surface area contributed by atoms with Crippen LogP contribution in [0, 0.1) is 6.92 Å². The van der Waals surface area contributed by atoms with E-state index in [0.717, 1.165) is 11.3 Å². The van der Waals surface area contributed by atoms with Crippen LogP contribution < -0.4 is 15.0 Å². The van der Waals surface area contributed by atoms with Crippen LogP contribution in [-0.2, 0) is 13.0 Å². The number of nitrogens with one attached hydrogen (secondary N) is 1. The lowest BCUT2D eigenvalue weighted by Gasteiger charge is -2.10. The zero-order valence-electron chi connectivity index (χ0n) is 13.3. The summed E-state index contributed by atoms with van der Waals surface area (Å²) in [6, 6.07) is 5.72. The molecule has 0 aliphatic heterocycles. The van der Waals surface area contributed by atoms with Crippen molar-refractivity contribution in [3.63, 3.8) is 0 Å². The van der Waals surface area contributed by atoms with Gasteiger partial charge in [-0.1, -0.05) is 6.07 Å². The van der Waals surface area contributed by atoms with Crippen LogP contribution in [0.5, 0.6) is 11.5 Å². The molecule has 0 saturated carbocycles. The predicted octanol–water partition coefficient (Wildman–Crippen LogP) is 1.69. The number of rotatable bonds is 5. The molecule has 120 valence electrons. The fourth-order valence-corrected chi connectivity index (χ4v) is 2.49. The van der Waals surface area contributed by atoms with Crippen LogP contribution in [0.25, 0.3) is 11.0 Å². The van der Waals surface area contributed by atoms with E-state index < -0.39 is 0 Å². The van der Waals surface area contributed by atoms with Crippen LogP contribution in [0.1, 0.15) is 11.3 Å². The first-order chi connectivity index (χ1) is 11.1. The van der Waals surface area contributed by atoms with Crippen molar-refractivity contribution in [2.75, 3.05) is 14.2 Å². The standard InChI is InChI=1S/C16H18N4O3/c1-10-14-15(19-18-10)16(21)20(9-17-14)7-6-11-4-5-12(22-2)13(8-11)23-3/h4-5,8-9H,6-7H2,1-3H3,(H,18,19). The summed E-state index contributed by atoms with van der Waals surface area (Å²) in [5, 5.41) is 6.82. The van der Waals surface area contributed by atoms with E-state index in [1.54, 1.807) is 25.1 Å². The van der Waals surface area contributed by atoms with Gasteiger partial charge in [0.15, 0.2) is 17.0 Å². The Kier molecular flexibility index (Phi) is 4.01. The molecule has 0 aliphatic rings. The Hall–Kier alpha value is -2.83. The second-order valence-electron chi connectivity index (χ2n) is 5.23. The molecule has 0 fully saturated rings. The van der Waals surface area contributed by atoms with Crippen molar-refractivity contribution in [2.24, 2.45) is 0 Å². The molecule has 2 aromatic heterocycles. The van der Waals surface area contributed by atoms with Gasteiger partial charge in [0.05, 0.1) is 26.2 Å². The van der Waals surface area contributed by atoms with Gasteiger partial charge in [0.25, 0.3) is 5.56 Å². The first-order valence-electron chi connectivity index (χ1n) is 7.25. The van der Waals surface area contributed by atoms with Gasteiger partial charge in [-0.05, 0) is 31.0 Å². The number of aryl methyl sites for hydroxylation is 3. The Morgan fingerprint density at radius 3 is 2.70 bits per heavy atom. The average Bonchev–Trinajstić information content (AvgIpc) is 2.96. The molecule has 3 aromatic rings. The van der Waals surface area contributed by atoms with Gasteiger partial charge < -0.3 is 9.47 Å². The highest BCUT2D eigenvalue weighted by atomic mass is 16.5. The van der Waals surface area contributed by atoms with Gasteiger partial charge in [-0.2, -0.15) is 5.10 Å². The third-order valence-corrected chi connectivity index (χ3v) is 3.79. The molecule has 3 rings (SSSR count). The maximum atomic E-state index is 12.4. The molecule has 0 unspecified atom stereocenters. The Labute approximate surface area is 132 Å². The molecule has 1 N–H and O–H groups in total. The average molecular weight is 314 g/mol. The van der Waals surface area contributed by atoms with E-state index in [-0.39, 0.29) is 5.56 Å².